The fraction of sp³-hybridized carbons (Fsp3) is 0.467. The molecule has 5 heteroatoms. The summed E-state index contributed by atoms with van der Waals surface area (Å²) in [6, 6.07) is 5.03. The van der Waals surface area contributed by atoms with Crippen LogP contribution in [-0.4, -0.2) is 31.7 Å². The van der Waals surface area contributed by atoms with Crippen LogP contribution in [0.4, 0.5) is 0 Å². The Morgan fingerprint density at radius 2 is 1.90 bits per heavy atom. The topological polar surface area (TPSA) is 78.6 Å². The zero-order valence-corrected chi connectivity index (χ0v) is 12.1. The van der Waals surface area contributed by atoms with Crippen LogP contribution in [0.15, 0.2) is 18.2 Å². The first-order valence-corrected chi connectivity index (χ1v) is 6.54. The number of carbonyl (C=O) groups is 2. The fourth-order valence-electron chi connectivity index (χ4n) is 2.04. The molecule has 0 aliphatic heterocycles. The maximum absolute atomic E-state index is 11.5. The molecule has 1 aromatic rings. The standard InChI is InChI=1S/C15H21NO4/c1-4-20-14(17)9-12-6-10(2)5-11(7-12)8-13(16)15(18)19-3/h5-7,13H,4,8-9,16H2,1-3H3/t13-/m0/s1. The SMILES string of the molecule is CCOC(=O)Cc1cc(C)cc(C[C@H](N)C(=O)OC)c1. The lowest BCUT2D eigenvalue weighted by Gasteiger charge is -2.11. The van der Waals surface area contributed by atoms with Crippen molar-refractivity contribution in [2.45, 2.75) is 32.7 Å². The smallest absolute Gasteiger partial charge is 0.322 e. The summed E-state index contributed by atoms with van der Waals surface area (Å²) in [7, 11) is 1.31. The minimum atomic E-state index is -0.697. The van der Waals surface area contributed by atoms with E-state index in [1.54, 1.807) is 6.92 Å². The zero-order chi connectivity index (χ0) is 15.1. The zero-order valence-electron chi connectivity index (χ0n) is 12.1. The molecule has 0 aliphatic rings. The highest BCUT2D eigenvalue weighted by Crippen LogP contribution is 2.13. The van der Waals surface area contributed by atoms with Gasteiger partial charge in [-0.15, -0.1) is 0 Å². The van der Waals surface area contributed by atoms with Crippen molar-refractivity contribution in [3.8, 4) is 0 Å². The van der Waals surface area contributed by atoms with Crippen molar-refractivity contribution in [1.82, 2.24) is 0 Å². The van der Waals surface area contributed by atoms with Crippen molar-refractivity contribution in [1.29, 1.82) is 0 Å². The van der Waals surface area contributed by atoms with Crippen molar-refractivity contribution >= 4 is 11.9 Å². The molecule has 0 radical (unpaired) electrons. The largest absolute Gasteiger partial charge is 0.468 e. The number of nitrogens with two attached hydrogens (primary N) is 1. The Bertz CT molecular complexity index is 485. The molecular formula is C15H21NO4. The molecule has 20 heavy (non-hydrogen) atoms. The number of benzene rings is 1. The number of rotatable bonds is 6. The van der Waals surface area contributed by atoms with Crippen molar-refractivity contribution in [2.24, 2.45) is 5.73 Å². The highest BCUT2D eigenvalue weighted by Gasteiger charge is 2.15. The highest BCUT2D eigenvalue weighted by molar-refractivity contribution is 5.76. The van der Waals surface area contributed by atoms with Gasteiger partial charge in [-0.3, -0.25) is 9.59 Å². The minimum Gasteiger partial charge on any atom is -0.468 e. The van der Waals surface area contributed by atoms with E-state index >= 15 is 0 Å². The van der Waals surface area contributed by atoms with E-state index < -0.39 is 12.0 Å². The molecule has 2 N–H and O–H groups in total. The quantitative estimate of drug-likeness (QED) is 0.790. The van der Waals surface area contributed by atoms with E-state index in [0.29, 0.717) is 13.0 Å². The average Bonchev–Trinajstić information content (AvgIpc) is 2.37. The van der Waals surface area contributed by atoms with Crippen LogP contribution in [0.3, 0.4) is 0 Å². The van der Waals surface area contributed by atoms with Gasteiger partial charge in [0.2, 0.25) is 0 Å². The Hall–Kier alpha value is -1.88. The molecule has 5 nitrogen and oxygen atoms in total. The van der Waals surface area contributed by atoms with Gasteiger partial charge in [0.1, 0.15) is 6.04 Å². The predicted molar refractivity (Wildman–Crippen MR) is 75.2 cm³/mol. The molecule has 0 aromatic heterocycles. The van der Waals surface area contributed by atoms with Gasteiger partial charge in [-0.05, 0) is 31.4 Å². The van der Waals surface area contributed by atoms with Crippen LogP contribution in [-0.2, 0) is 31.9 Å². The van der Waals surface area contributed by atoms with Crippen LogP contribution in [0.1, 0.15) is 23.6 Å². The van der Waals surface area contributed by atoms with Gasteiger partial charge in [0.05, 0.1) is 20.1 Å². The third-order valence-corrected chi connectivity index (χ3v) is 2.81. The van der Waals surface area contributed by atoms with Gasteiger partial charge >= 0.3 is 11.9 Å². The molecule has 0 fully saturated rings. The maximum Gasteiger partial charge on any atom is 0.322 e. The Balaban J connectivity index is 2.80. The van der Waals surface area contributed by atoms with E-state index in [1.807, 2.05) is 25.1 Å². The Morgan fingerprint density at radius 3 is 2.50 bits per heavy atom. The molecular weight excluding hydrogens is 258 g/mol. The van der Waals surface area contributed by atoms with Crippen molar-refractivity contribution in [3.63, 3.8) is 0 Å². The van der Waals surface area contributed by atoms with E-state index in [-0.39, 0.29) is 12.4 Å². The molecule has 0 aliphatic carbocycles. The summed E-state index contributed by atoms with van der Waals surface area (Å²) in [6.07, 6.45) is 0.597. The number of hydrogen-bond acceptors (Lipinski definition) is 5. The van der Waals surface area contributed by atoms with E-state index in [0.717, 1.165) is 16.7 Å². The van der Waals surface area contributed by atoms with E-state index in [1.165, 1.54) is 7.11 Å². The number of ether oxygens (including phenoxy) is 2. The summed E-state index contributed by atoms with van der Waals surface area (Å²) in [6.45, 7) is 4.07. The molecule has 1 rings (SSSR count). The van der Waals surface area contributed by atoms with E-state index in [4.69, 9.17) is 10.5 Å². The van der Waals surface area contributed by atoms with Crippen molar-refractivity contribution < 1.29 is 19.1 Å². The molecule has 0 unspecified atom stereocenters. The second-order valence-electron chi connectivity index (χ2n) is 4.64. The van der Waals surface area contributed by atoms with Crippen molar-refractivity contribution in [2.75, 3.05) is 13.7 Å². The van der Waals surface area contributed by atoms with Gasteiger partial charge in [-0.25, -0.2) is 0 Å². The molecule has 110 valence electrons. The van der Waals surface area contributed by atoms with Crippen molar-refractivity contribution in [3.05, 3.63) is 34.9 Å². The van der Waals surface area contributed by atoms with Gasteiger partial charge in [0.15, 0.2) is 0 Å². The first-order valence-electron chi connectivity index (χ1n) is 6.54. The Kier molecular flexibility index (Phi) is 6.18. The maximum atomic E-state index is 11.5. The van der Waals surface area contributed by atoms with Crippen LogP contribution in [0, 0.1) is 6.92 Å². The summed E-state index contributed by atoms with van der Waals surface area (Å²) in [5.74, 6) is -0.709. The second-order valence-corrected chi connectivity index (χ2v) is 4.64. The Labute approximate surface area is 119 Å². The summed E-state index contributed by atoms with van der Waals surface area (Å²) in [4.78, 5) is 22.8. The number of esters is 2. The third-order valence-electron chi connectivity index (χ3n) is 2.81. The molecule has 0 saturated heterocycles. The van der Waals surface area contributed by atoms with Crippen LogP contribution in [0.5, 0.6) is 0 Å². The lowest BCUT2D eigenvalue weighted by Crippen LogP contribution is -2.33. The van der Waals surface area contributed by atoms with Crippen LogP contribution in [0.2, 0.25) is 0 Å². The molecule has 0 heterocycles. The molecule has 1 atom stereocenters. The first-order chi connectivity index (χ1) is 9.46. The van der Waals surface area contributed by atoms with Gasteiger partial charge in [-0.1, -0.05) is 23.8 Å². The summed E-state index contributed by atoms with van der Waals surface area (Å²) < 4.78 is 9.53. The van der Waals surface area contributed by atoms with Gasteiger partial charge in [0.25, 0.3) is 0 Å². The molecule has 0 bridgehead atoms. The number of aryl methyl sites for hydroxylation is 1. The van der Waals surface area contributed by atoms with Crippen LogP contribution >= 0.6 is 0 Å². The van der Waals surface area contributed by atoms with Gasteiger partial charge < -0.3 is 15.2 Å². The van der Waals surface area contributed by atoms with Crippen LogP contribution in [0.25, 0.3) is 0 Å². The van der Waals surface area contributed by atoms with Gasteiger partial charge in [0, 0.05) is 0 Å². The fourth-order valence-corrected chi connectivity index (χ4v) is 2.04. The van der Waals surface area contributed by atoms with E-state index in [2.05, 4.69) is 4.74 Å². The Morgan fingerprint density at radius 1 is 1.25 bits per heavy atom. The number of carbonyl (C=O) groups excluding carboxylic acids is 2. The summed E-state index contributed by atoms with van der Waals surface area (Å²) >= 11 is 0. The van der Waals surface area contributed by atoms with Gasteiger partial charge in [-0.2, -0.15) is 0 Å². The predicted octanol–water partition coefficient (Wildman–Crippen LogP) is 1.14. The third kappa shape index (κ3) is 5.01. The summed E-state index contributed by atoms with van der Waals surface area (Å²) in [5.41, 5.74) is 8.52. The number of methoxy groups -OCH3 is 1. The second kappa shape index (κ2) is 7.65. The molecule has 0 spiro atoms. The lowest BCUT2D eigenvalue weighted by atomic mass is 9.99. The normalized spacial score (nSPS) is 11.8. The average molecular weight is 279 g/mol. The highest BCUT2D eigenvalue weighted by atomic mass is 16.5. The first kappa shape index (κ1) is 16.2. The monoisotopic (exact) mass is 279 g/mol. The minimum absolute atomic E-state index is 0.218. The molecule has 0 amide bonds. The van der Waals surface area contributed by atoms with E-state index in [9.17, 15) is 9.59 Å². The van der Waals surface area contributed by atoms with Crippen LogP contribution < -0.4 is 5.73 Å². The molecule has 0 saturated carbocycles. The summed E-state index contributed by atoms with van der Waals surface area (Å²) in [5, 5.41) is 0. The lowest BCUT2D eigenvalue weighted by molar-refractivity contribution is -0.143. The number of hydrogen-bond donors (Lipinski definition) is 1. The molecule has 1 aromatic carbocycles.